The molecule has 1 fully saturated rings. The number of rotatable bonds is 6. The topological polar surface area (TPSA) is 78.7 Å². The first-order valence-electron chi connectivity index (χ1n) is 7.92. The van der Waals surface area contributed by atoms with Crippen LogP contribution in [0.25, 0.3) is 0 Å². The summed E-state index contributed by atoms with van der Waals surface area (Å²) < 4.78 is 10.7. The molecule has 0 radical (unpaired) electrons. The summed E-state index contributed by atoms with van der Waals surface area (Å²) in [6, 6.07) is 12.3. The van der Waals surface area contributed by atoms with E-state index in [0.717, 1.165) is 22.6 Å². The smallest absolute Gasteiger partial charge is 0.316 e. The lowest BCUT2D eigenvalue weighted by molar-refractivity contribution is -0.385. The van der Waals surface area contributed by atoms with Crippen molar-refractivity contribution in [2.75, 3.05) is 18.6 Å². The van der Waals surface area contributed by atoms with Gasteiger partial charge in [-0.05, 0) is 17.2 Å². The third kappa shape index (κ3) is 4.31. The van der Waals surface area contributed by atoms with E-state index < -0.39 is 10.9 Å². The average molecular weight is 391 g/mol. The van der Waals surface area contributed by atoms with Gasteiger partial charge in [0.05, 0.1) is 23.0 Å². The molecule has 6 nitrogen and oxygen atoms in total. The highest BCUT2D eigenvalue weighted by atomic mass is 32.2. The summed E-state index contributed by atoms with van der Waals surface area (Å²) in [7, 11) is 1.41. The highest BCUT2D eigenvalue weighted by Gasteiger charge is 2.28. The molecule has 0 aliphatic carbocycles. The van der Waals surface area contributed by atoms with Gasteiger partial charge in [0, 0.05) is 17.6 Å². The van der Waals surface area contributed by atoms with Crippen molar-refractivity contribution in [1.29, 1.82) is 0 Å². The number of nitro benzene ring substituents is 1. The fraction of sp³-hybridized carbons (Fsp3) is 0.278. The summed E-state index contributed by atoms with van der Waals surface area (Å²) >= 11 is 3.47. The van der Waals surface area contributed by atoms with E-state index in [0.29, 0.717) is 0 Å². The minimum Gasteiger partial charge on any atom is -0.493 e. The number of methoxy groups -OCH3 is 1. The fourth-order valence-electron chi connectivity index (χ4n) is 2.60. The van der Waals surface area contributed by atoms with Crippen LogP contribution in [-0.2, 0) is 11.2 Å². The molecule has 0 amide bonds. The maximum Gasteiger partial charge on any atom is 0.316 e. The van der Waals surface area contributed by atoms with Gasteiger partial charge in [0.2, 0.25) is 5.75 Å². The van der Waals surface area contributed by atoms with Crippen LogP contribution in [0.1, 0.15) is 15.7 Å². The van der Waals surface area contributed by atoms with Crippen LogP contribution in [0.3, 0.4) is 0 Å². The second-order valence-electron chi connectivity index (χ2n) is 5.54. The standard InChI is InChI=1S/C18H17NO5S2/c1-23-15-11-13(18-25-7-8-26-18)10-14(19(21)22)17(15)24-16(20)9-12-5-3-2-4-6-12/h2-6,10-11,18H,7-9H2,1H3. The van der Waals surface area contributed by atoms with Gasteiger partial charge in [-0.2, -0.15) is 0 Å². The Balaban J connectivity index is 1.89. The maximum absolute atomic E-state index is 12.3. The van der Waals surface area contributed by atoms with Crippen molar-refractivity contribution in [1.82, 2.24) is 0 Å². The van der Waals surface area contributed by atoms with Crippen LogP contribution in [0, 0.1) is 10.1 Å². The number of carbonyl (C=O) groups is 1. The summed E-state index contributed by atoms with van der Waals surface area (Å²) in [5.41, 5.74) is 1.31. The Bertz CT molecular complexity index is 807. The van der Waals surface area contributed by atoms with Crippen LogP contribution in [0.15, 0.2) is 42.5 Å². The van der Waals surface area contributed by atoms with E-state index in [9.17, 15) is 14.9 Å². The highest BCUT2D eigenvalue weighted by molar-refractivity contribution is 8.19. The molecule has 1 aliphatic heterocycles. The Morgan fingerprint density at radius 2 is 1.92 bits per heavy atom. The first kappa shape index (κ1) is 18.6. The largest absolute Gasteiger partial charge is 0.493 e. The molecule has 2 aromatic carbocycles. The molecule has 136 valence electrons. The molecule has 0 spiro atoms. The van der Waals surface area contributed by atoms with Crippen LogP contribution in [-0.4, -0.2) is 29.5 Å². The molecule has 3 rings (SSSR count). The number of esters is 1. The molecule has 0 atom stereocenters. The highest BCUT2D eigenvalue weighted by Crippen LogP contribution is 2.49. The molecule has 8 heteroatoms. The molecule has 0 aromatic heterocycles. The minimum atomic E-state index is -0.574. The summed E-state index contributed by atoms with van der Waals surface area (Å²) in [5, 5.41) is 11.5. The number of carbonyl (C=O) groups excluding carboxylic acids is 1. The van der Waals surface area contributed by atoms with E-state index in [2.05, 4.69) is 0 Å². The number of thioether (sulfide) groups is 2. The molecule has 0 saturated carbocycles. The van der Waals surface area contributed by atoms with Crippen molar-refractivity contribution < 1.29 is 19.2 Å². The molecule has 2 aromatic rings. The molecule has 1 heterocycles. The fourth-order valence-corrected chi connectivity index (χ4v) is 5.41. The van der Waals surface area contributed by atoms with E-state index in [1.165, 1.54) is 13.2 Å². The number of ether oxygens (including phenoxy) is 2. The van der Waals surface area contributed by atoms with Gasteiger partial charge in [-0.15, -0.1) is 23.5 Å². The predicted molar refractivity (Wildman–Crippen MR) is 103 cm³/mol. The molecule has 1 aliphatic rings. The Morgan fingerprint density at radius 1 is 1.23 bits per heavy atom. The third-order valence-corrected chi connectivity index (χ3v) is 6.88. The number of nitrogens with zero attached hydrogens (tertiary/aromatic N) is 1. The zero-order chi connectivity index (χ0) is 18.5. The number of hydrogen-bond donors (Lipinski definition) is 0. The normalized spacial score (nSPS) is 14.2. The van der Waals surface area contributed by atoms with Gasteiger partial charge in [-0.3, -0.25) is 14.9 Å². The van der Waals surface area contributed by atoms with Crippen molar-refractivity contribution in [2.24, 2.45) is 0 Å². The molecular formula is C18H17NO5S2. The zero-order valence-corrected chi connectivity index (χ0v) is 15.7. The van der Waals surface area contributed by atoms with Gasteiger partial charge in [0.15, 0.2) is 5.75 Å². The molecule has 1 saturated heterocycles. The molecule has 0 bridgehead atoms. The van der Waals surface area contributed by atoms with Crippen molar-refractivity contribution >= 4 is 35.2 Å². The molecule has 26 heavy (non-hydrogen) atoms. The van der Waals surface area contributed by atoms with E-state index in [4.69, 9.17) is 9.47 Å². The first-order chi connectivity index (χ1) is 12.6. The Kier molecular flexibility index (Phi) is 6.05. The van der Waals surface area contributed by atoms with Crippen molar-refractivity contribution in [2.45, 2.75) is 11.0 Å². The van der Waals surface area contributed by atoms with Gasteiger partial charge >= 0.3 is 11.7 Å². The monoisotopic (exact) mass is 391 g/mol. The van der Waals surface area contributed by atoms with Gasteiger partial charge < -0.3 is 9.47 Å². The Morgan fingerprint density at radius 3 is 2.54 bits per heavy atom. The van der Waals surface area contributed by atoms with Crippen LogP contribution >= 0.6 is 23.5 Å². The lowest BCUT2D eigenvalue weighted by Gasteiger charge is -2.14. The quantitative estimate of drug-likeness (QED) is 0.315. The van der Waals surface area contributed by atoms with Crippen LogP contribution in [0.5, 0.6) is 11.5 Å². The van der Waals surface area contributed by atoms with Gasteiger partial charge in [-0.25, -0.2) is 0 Å². The Labute approximate surface area is 159 Å². The Hall–Kier alpha value is -2.19. The lowest BCUT2D eigenvalue weighted by Crippen LogP contribution is -2.13. The third-order valence-electron chi connectivity index (χ3n) is 3.78. The summed E-state index contributed by atoms with van der Waals surface area (Å²) in [6.07, 6.45) is 0.0250. The molecule has 0 N–H and O–H groups in total. The van der Waals surface area contributed by atoms with Crippen molar-refractivity contribution in [3.63, 3.8) is 0 Å². The first-order valence-corrected chi connectivity index (χ1v) is 10.0. The van der Waals surface area contributed by atoms with E-state index in [1.807, 2.05) is 18.2 Å². The zero-order valence-electron chi connectivity index (χ0n) is 14.0. The van der Waals surface area contributed by atoms with E-state index >= 15 is 0 Å². The lowest BCUT2D eigenvalue weighted by atomic mass is 10.1. The molecule has 0 unspecified atom stereocenters. The van der Waals surface area contributed by atoms with Gasteiger partial charge in [0.1, 0.15) is 0 Å². The van der Waals surface area contributed by atoms with Gasteiger partial charge in [0.25, 0.3) is 0 Å². The van der Waals surface area contributed by atoms with Crippen molar-refractivity contribution in [3.05, 3.63) is 63.7 Å². The van der Waals surface area contributed by atoms with Crippen molar-refractivity contribution in [3.8, 4) is 11.5 Å². The number of benzene rings is 2. The van der Waals surface area contributed by atoms with E-state index in [-0.39, 0.29) is 28.2 Å². The van der Waals surface area contributed by atoms with E-state index in [1.54, 1.807) is 41.7 Å². The van der Waals surface area contributed by atoms with Crippen LogP contribution in [0.2, 0.25) is 0 Å². The number of nitro groups is 1. The predicted octanol–water partition coefficient (Wildman–Crippen LogP) is 4.23. The average Bonchev–Trinajstić information content (AvgIpc) is 3.17. The second-order valence-corrected chi connectivity index (χ2v) is 8.26. The second kappa shape index (κ2) is 8.46. The summed E-state index contributed by atoms with van der Waals surface area (Å²) in [6.45, 7) is 0. The van der Waals surface area contributed by atoms with Gasteiger partial charge in [-0.1, -0.05) is 30.3 Å². The van der Waals surface area contributed by atoms with Crippen LogP contribution in [0.4, 0.5) is 5.69 Å². The van der Waals surface area contributed by atoms with Crippen LogP contribution < -0.4 is 9.47 Å². The maximum atomic E-state index is 12.3. The minimum absolute atomic E-state index is 0.0250. The summed E-state index contributed by atoms with van der Waals surface area (Å²) in [4.78, 5) is 23.3. The summed E-state index contributed by atoms with van der Waals surface area (Å²) in [5.74, 6) is 1.48. The number of hydrogen-bond acceptors (Lipinski definition) is 7. The molecular weight excluding hydrogens is 374 g/mol. The SMILES string of the molecule is COc1cc(C2SCCS2)cc([N+](=O)[O-])c1OC(=O)Cc1ccccc1.